The first-order chi connectivity index (χ1) is 14.7. The summed E-state index contributed by atoms with van der Waals surface area (Å²) in [4.78, 5) is 0. The van der Waals surface area contributed by atoms with E-state index in [1.165, 1.54) is 16.7 Å². The predicted octanol–water partition coefficient (Wildman–Crippen LogP) is 5.60. The van der Waals surface area contributed by atoms with E-state index in [1.807, 2.05) is 0 Å². The lowest BCUT2D eigenvalue weighted by Gasteiger charge is -2.05. The Morgan fingerprint density at radius 2 is 0.667 bits per heavy atom. The third-order valence-corrected chi connectivity index (χ3v) is 6.40. The molecule has 0 atom stereocenters. The van der Waals surface area contributed by atoms with Crippen molar-refractivity contribution in [2.24, 2.45) is 17.8 Å². The number of ether oxygens (including phenoxy) is 3. The second-order valence-electron chi connectivity index (χ2n) is 8.15. The Bertz CT molecular complexity index is 796. The van der Waals surface area contributed by atoms with E-state index in [-0.39, 0.29) is 0 Å². The van der Waals surface area contributed by atoms with Gasteiger partial charge in [-0.3, -0.25) is 0 Å². The van der Waals surface area contributed by atoms with Crippen molar-refractivity contribution < 1.29 is 14.2 Å². The highest BCUT2D eigenvalue weighted by atomic mass is 16.5. The van der Waals surface area contributed by atoms with Crippen molar-refractivity contribution in [3.05, 3.63) is 89.5 Å². The fourth-order valence-electron chi connectivity index (χ4n) is 4.53. The Morgan fingerprint density at radius 1 is 0.433 bits per heavy atom. The summed E-state index contributed by atoms with van der Waals surface area (Å²) in [6, 6.07) is 25.6. The molecule has 0 radical (unpaired) electrons. The monoisotopic (exact) mass is 402 g/mol. The van der Waals surface area contributed by atoms with Crippen molar-refractivity contribution in [3.8, 4) is 17.2 Å². The highest BCUT2D eigenvalue weighted by Gasteiger charge is 2.48. The summed E-state index contributed by atoms with van der Waals surface area (Å²) in [5.41, 5.74) is 4.16. The van der Waals surface area contributed by atoms with Gasteiger partial charge in [0.2, 0.25) is 0 Å². The van der Waals surface area contributed by atoms with Gasteiger partial charge in [-0.1, -0.05) is 36.4 Å². The molecular weight excluding hydrogens is 372 g/mol. The summed E-state index contributed by atoms with van der Waals surface area (Å²) in [6.45, 7) is 0. The normalized spacial score (nSPS) is 19.9. The van der Waals surface area contributed by atoms with E-state index in [0.29, 0.717) is 17.8 Å². The molecule has 0 unspecified atom stereocenters. The minimum absolute atomic E-state index is 0.697. The number of rotatable bonds is 9. The molecule has 4 rings (SSSR count). The van der Waals surface area contributed by atoms with Crippen molar-refractivity contribution >= 4 is 0 Å². The Morgan fingerprint density at radius 3 is 0.867 bits per heavy atom. The average Bonchev–Trinajstić information content (AvgIpc) is 3.44. The van der Waals surface area contributed by atoms with E-state index in [4.69, 9.17) is 14.2 Å². The van der Waals surface area contributed by atoms with E-state index in [0.717, 1.165) is 36.5 Å². The zero-order chi connectivity index (χ0) is 20.9. The van der Waals surface area contributed by atoms with Crippen LogP contribution in [0.15, 0.2) is 72.8 Å². The third-order valence-electron chi connectivity index (χ3n) is 6.40. The highest BCUT2D eigenvalue weighted by molar-refractivity contribution is 5.32. The lowest BCUT2D eigenvalue weighted by molar-refractivity contribution is 0.414. The SMILES string of the molecule is COc1ccc(CC2C(Cc3ccc(OC)cc3)C2Cc2ccc(OC)cc2)cc1. The maximum absolute atomic E-state index is 5.31. The van der Waals surface area contributed by atoms with Crippen LogP contribution in [0.1, 0.15) is 16.7 Å². The van der Waals surface area contributed by atoms with Crippen LogP contribution in [0.5, 0.6) is 17.2 Å². The van der Waals surface area contributed by atoms with Crippen LogP contribution < -0.4 is 14.2 Å². The summed E-state index contributed by atoms with van der Waals surface area (Å²) in [7, 11) is 5.14. The van der Waals surface area contributed by atoms with Gasteiger partial charge in [-0.05, 0) is 90.1 Å². The molecule has 1 aliphatic carbocycles. The molecule has 3 aromatic carbocycles. The highest BCUT2D eigenvalue weighted by Crippen LogP contribution is 2.52. The maximum Gasteiger partial charge on any atom is 0.118 e. The van der Waals surface area contributed by atoms with Crippen molar-refractivity contribution in [2.45, 2.75) is 19.3 Å². The van der Waals surface area contributed by atoms with E-state index >= 15 is 0 Å². The van der Waals surface area contributed by atoms with Crippen LogP contribution >= 0.6 is 0 Å². The van der Waals surface area contributed by atoms with Crippen molar-refractivity contribution in [2.75, 3.05) is 21.3 Å². The molecule has 0 N–H and O–H groups in total. The van der Waals surface area contributed by atoms with E-state index in [1.54, 1.807) is 21.3 Å². The molecule has 1 fully saturated rings. The maximum atomic E-state index is 5.31. The Kier molecular flexibility index (Phi) is 6.27. The largest absolute Gasteiger partial charge is 0.497 e. The molecule has 3 heteroatoms. The molecule has 0 heterocycles. The molecule has 0 spiro atoms. The topological polar surface area (TPSA) is 27.7 Å². The molecule has 1 saturated carbocycles. The number of hydrogen-bond donors (Lipinski definition) is 0. The van der Waals surface area contributed by atoms with Gasteiger partial charge in [0.1, 0.15) is 17.2 Å². The molecule has 0 saturated heterocycles. The first kappa shape index (κ1) is 20.3. The molecule has 156 valence electrons. The van der Waals surface area contributed by atoms with Gasteiger partial charge in [0, 0.05) is 0 Å². The molecule has 0 aliphatic heterocycles. The van der Waals surface area contributed by atoms with Gasteiger partial charge in [-0.15, -0.1) is 0 Å². The molecule has 30 heavy (non-hydrogen) atoms. The van der Waals surface area contributed by atoms with Crippen LogP contribution in [0.2, 0.25) is 0 Å². The fourth-order valence-corrected chi connectivity index (χ4v) is 4.53. The van der Waals surface area contributed by atoms with Crippen LogP contribution in [0, 0.1) is 17.8 Å². The molecule has 0 bridgehead atoms. The van der Waals surface area contributed by atoms with Crippen LogP contribution in [-0.2, 0) is 19.3 Å². The van der Waals surface area contributed by atoms with Crippen molar-refractivity contribution in [1.82, 2.24) is 0 Å². The zero-order valence-corrected chi connectivity index (χ0v) is 18.0. The van der Waals surface area contributed by atoms with Gasteiger partial charge in [0.05, 0.1) is 21.3 Å². The molecule has 0 amide bonds. The van der Waals surface area contributed by atoms with Gasteiger partial charge >= 0.3 is 0 Å². The van der Waals surface area contributed by atoms with E-state index < -0.39 is 0 Å². The molecule has 3 nitrogen and oxygen atoms in total. The lowest BCUT2D eigenvalue weighted by atomic mass is 10.0. The van der Waals surface area contributed by atoms with Gasteiger partial charge < -0.3 is 14.2 Å². The first-order valence-corrected chi connectivity index (χ1v) is 10.6. The van der Waals surface area contributed by atoms with Crippen LogP contribution in [-0.4, -0.2) is 21.3 Å². The van der Waals surface area contributed by atoms with Crippen LogP contribution in [0.3, 0.4) is 0 Å². The summed E-state index contributed by atoms with van der Waals surface area (Å²) in [5, 5.41) is 0. The van der Waals surface area contributed by atoms with Crippen molar-refractivity contribution in [3.63, 3.8) is 0 Å². The first-order valence-electron chi connectivity index (χ1n) is 10.6. The number of methoxy groups -OCH3 is 3. The summed E-state index contributed by atoms with van der Waals surface area (Å²) in [5.74, 6) is 4.84. The minimum atomic E-state index is 0.697. The third kappa shape index (κ3) is 4.79. The second-order valence-corrected chi connectivity index (χ2v) is 8.15. The van der Waals surface area contributed by atoms with Gasteiger partial charge in [0.25, 0.3) is 0 Å². The number of hydrogen-bond acceptors (Lipinski definition) is 3. The van der Waals surface area contributed by atoms with Crippen LogP contribution in [0.25, 0.3) is 0 Å². The molecule has 0 aromatic heterocycles. The molecule has 1 aliphatic rings. The van der Waals surface area contributed by atoms with E-state index in [2.05, 4.69) is 72.8 Å². The number of benzene rings is 3. The predicted molar refractivity (Wildman–Crippen MR) is 121 cm³/mol. The Hall–Kier alpha value is -2.94. The zero-order valence-electron chi connectivity index (χ0n) is 18.0. The van der Waals surface area contributed by atoms with Gasteiger partial charge in [-0.2, -0.15) is 0 Å². The summed E-state index contributed by atoms with van der Waals surface area (Å²) in [6.07, 6.45) is 3.35. The molecule has 3 aromatic rings. The quantitative estimate of drug-likeness (QED) is 0.466. The van der Waals surface area contributed by atoms with Gasteiger partial charge in [0.15, 0.2) is 0 Å². The summed E-state index contributed by atoms with van der Waals surface area (Å²) < 4.78 is 15.9. The fraction of sp³-hybridized carbons (Fsp3) is 0.333. The van der Waals surface area contributed by atoms with Crippen LogP contribution in [0.4, 0.5) is 0 Å². The minimum Gasteiger partial charge on any atom is -0.497 e. The smallest absolute Gasteiger partial charge is 0.118 e. The van der Waals surface area contributed by atoms with E-state index in [9.17, 15) is 0 Å². The average molecular weight is 403 g/mol. The Labute approximate surface area is 179 Å². The van der Waals surface area contributed by atoms with Gasteiger partial charge in [-0.25, -0.2) is 0 Å². The summed E-state index contributed by atoms with van der Waals surface area (Å²) >= 11 is 0. The van der Waals surface area contributed by atoms with Crippen molar-refractivity contribution in [1.29, 1.82) is 0 Å². The standard InChI is InChI=1S/C27H30O3/c1-28-22-10-4-19(5-11-22)16-25-26(17-20-6-12-23(29-2)13-7-20)27(25)18-21-8-14-24(30-3)15-9-21/h4-15,25-27H,16-18H2,1-3H3. The Balaban J connectivity index is 1.47. The second kappa shape index (κ2) is 9.25. The molecular formula is C27H30O3. The lowest BCUT2D eigenvalue weighted by Crippen LogP contribution is -1.94.